The van der Waals surface area contributed by atoms with Gasteiger partial charge in [0.15, 0.2) is 0 Å². The minimum absolute atomic E-state index is 0.129. The van der Waals surface area contributed by atoms with Gasteiger partial charge in [0.1, 0.15) is 6.54 Å². The Bertz CT molecular complexity index is 332. The van der Waals surface area contributed by atoms with Crippen LogP contribution in [0, 0.1) is 11.3 Å². The third kappa shape index (κ3) is 2.26. The Labute approximate surface area is 85.3 Å². The summed E-state index contributed by atoms with van der Waals surface area (Å²) in [6.07, 6.45) is 1.25. The van der Waals surface area contributed by atoms with Crippen molar-refractivity contribution in [1.29, 1.82) is 5.26 Å². The molecule has 0 radical (unpaired) electrons. The van der Waals surface area contributed by atoms with Gasteiger partial charge in [-0.25, -0.2) is 0 Å². The second-order valence-corrected chi connectivity index (χ2v) is 3.45. The van der Waals surface area contributed by atoms with E-state index in [4.69, 9.17) is 5.26 Å². The van der Waals surface area contributed by atoms with Gasteiger partial charge in [-0.2, -0.15) is 5.26 Å². The summed E-state index contributed by atoms with van der Waals surface area (Å²) in [5.41, 5.74) is 0. The fourth-order valence-corrected chi connectivity index (χ4v) is 1.83. The van der Waals surface area contributed by atoms with Crippen LogP contribution in [0.3, 0.4) is 0 Å². The molecule has 0 saturated carbocycles. The maximum Gasteiger partial charge on any atom is 0.325 e. The Morgan fingerprint density at radius 3 is 3.14 bits per heavy atom. The summed E-state index contributed by atoms with van der Waals surface area (Å²) in [6.45, 7) is -0.129. The van der Waals surface area contributed by atoms with Crippen molar-refractivity contribution in [3.05, 3.63) is 11.1 Å². The van der Waals surface area contributed by atoms with Crippen molar-refractivity contribution in [1.82, 2.24) is 4.90 Å². The van der Waals surface area contributed by atoms with Crippen molar-refractivity contribution in [3.8, 4) is 6.07 Å². The number of thioether (sulfide) groups is 1. The molecule has 1 rings (SSSR count). The molecule has 0 aromatic carbocycles. The molecule has 0 atom stereocenters. The van der Waals surface area contributed by atoms with Gasteiger partial charge in [-0.05, 0) is 0 Å². The number of hydrogen-bond acceptors (Lipinski definition) is 5. The molecule has 0 unspecified atom stereocenters. The molecule has 74 valence electrons. The third-order valence-corrected chi connectivity index (χ3v) is 2.64. The van der Waals surface area contributed by atoms with Gasteiger partial charge in [0.2, 0.25) is 5.91 Å². The quantitative estimate of drug-likeness (QED) is 0.479. The van der Waals surface area contributed by atoms with Crippen LogP contribution >= 0.6 is 11.8 Å². The highest BCUT2D eigenvalue weighted by Gasteiger charge is 2.28. The molecule has 1 aliphatic heterocycles. The third-order valence-electron chi connectivity index (χ3n) is 1.61. The number of carbonyl (C=O) groups is 2. The van der Waals surface area contributed by atoms with E-state index in [2.05, 4.69) is 4.74 Å². The van der Waals surface area contributed by atoms with Crippen LogP contribution in [0.25, 0.3) is 0 Å². The van der Waals surface area contributed by atoms with Gasteiger partial charge in [-0.15, -0.1) is 0 Å². The van der Waals surface area contributed by atoms with Gasteiger partial charge in [0, 0.05) is 6.08 Å². The molecule has 0 spiro atoms. The SMILES string of the molecule is COC(=O)CN1C(=O)CS/C1=C/C#N. The Balaban J connectivity index is 2.73. The first-order chi connectivity index (χ1) is 6.69. The smallest absolute Gasteiger partial charge is 0.325 e. The maximum absolute atomic E-state index is 11.3. The Morgan fingerprint density at radius 1 is 1.86 bits per heavy atom. The summed E-state index contributed by atoms with van der Waals surface area (Å²) in [5, 5.41) is 8.93. The predicted molar refractivity (Wildman–Crippen MR) is 49.9 cm³/mol. The highest BCUT2D eigenvalue weighted by atomic mass is 32.2. The summed E-state index contributed by atoms with van der Waals surface area (Å²) in [4.78, 5) is 23.4. The van der Waals surface area contributed by atoms with Crippen LogP contribution in [0.15, 0.2) is 11.1 Å². The number of methoxy groups -OCH3 is 1. The van der Waals surface area contributed by atoms with Crippen LogP contribution in [-0.2, 0) is 14.3 Å². The molecular weight excluding hydrogens is 204 g/mol. The van der Waals surface area contributed by atoms with Crippen molar-refractivity contribution in [3.63, 3.8) is 0 Å². The molecular formula is C8H8N2O3S. The second-order valence-electron chi connectivity index (χ2n) is 2.46. The first kappa shape index (κ1) is 10.6. The van der Waals surface area contributed by atoms with E-state index in [1.807, 2.05) is 6.07 Å². The lowest BCUT2D eigenvalue weighted by Crippen LogP contribution is -2.31. The van der Waals surface area contributed by atoms with Crippen LogP contribution in [0.2, 0.25) is 0 Å². The average Bonchev–Trinajstić information content (AvgIpc) is 2.50. The molecule has 5 nitrogen and oxygen atoms in total. The fourth-order valence-electron chi connectivity index (χ4n) is 0.949. The van der Waals surface area contributed by atoms with Gasteiger partial charge >= 0.3 is 5.97 Å². The highest BCUT2D eigenvalue weighted by molar-refractivity contribution is 8.04. The van der Waals surface area contributed by atoms with E-state index in [-0.39, 0.29) is 18.2 Å². The zero-order valence-corrected chi connectivity index (χ0v) is 8.34. The largest absolute Gasteiger partial charge is 0.468 e. The summed E-state index contributed by atoms with van der Waals surface area (Å²) in [7, 11) is 1.25. The van der Waals surface area contributed by atoms with Gasteiger partial charge in [0.25, 0.3) is 0 Å². The van der Waals surface area contributed by atoms with Crippen LogP contribution in [-0.4, -0.2) is 36.2 Å². The molecule has 1 fully saturated rings. The topological polar surface area (TPSA) is 70.4 Å². The molecule has 1 saturated heterocycles. The summed E-state index contributed by atoms with van der Waals surface area (Å²) in [5.74, 6) is -0.406. The van der Waals surface area contributed by atoms with Gasteiger partial charge in [-0.3, -0.25) is 14.5 Å². The van der Waals surface area contributed by atoms with E-state index < -0.39 is 5.97 Å². The standard InChI is InChI=1S/C8H8N2O3S/c1-13-8(12)4-10-6(11)5-14-7(10)2-3-9/h2H,4-5H2,1H3/b7-2+. The highest BCUT2D eigenvalue weighted by Crippen LogP contribution is 2.27. The number of amides is 1. The number of hydrogen-bond donors (Lipinski definition) is 0. The average molecular weight is 212 g/mol. The molecule has 0 bridgehead atoms. The number of ether oxygens (including phenoxy) is 1. The zero-order chi connectivity index (χ0) is 10.6. The fraction of sp³-hybridized carbons (Fsp3) is 0.375. The Morgan fingerprint density at radius 2 is 2.57 bits per heavy atom. The number of rotatable bonds is 2. The van der Waals surface area contributed by atoms with Gasteiger partial charge < -0.3 is 4.74 Å². The number of allylic oxidation sites excluding steroid dienone is 1. The van der Waals surface area contributed by atoms with E-state index in [1.165, 1.54) is 29.8 Å². The molecule has 14 heavy (non-hydrogen) atoms. The number of esters is 1. The van der Waals surface area contributed by atoms with Crippen LogP contribution in [0.1, 0.15) is 0 Å². The Hall–Kier alpha value is -1.48. The second kappa shape index (κ2) is 4.67. The van der Waals surface area contributed by atoms with Crippen LogP contribution < -0.4 is 0 Å². The van der Waals surface area contributed by atoms with Crippen molar-refractivity contribution >= 4 is 23.6 Å². The number of carbonyl (C=O) groups excluding carboxylic acids is 2. The van der Waals surface area contributed by atoms with E-state index >= 15 is 0 Å². The van der Waals surface area contributed by atoms with Crippen molar-refractivity contribution in [2.45, 2.75) is 0 Å². The first-order valence-corrected chi connectivity index (χ1v) is 4.77. The summed E-state index contributed by atoms with van der Waals surface area (Å²) in [6, 6.07) is 1.82. The predicted octanol–water partition coefficient (Wildman–Crippen LogP) is 0.0998. The molecule has 1 aliphatic rings. The monoisotopic (exact) mass is 212 g/mol. The maximum atomic E-state index is 11.3. The summed E-state index contributed by atoms with van der Waals surface area (Å²) < 4.78 is 4.43. The van der Waals surface area contributed by atoms with E-state index in [1.54, 1.807) is 0 Å². The normalized spacial score (nSPS) is 18.4. The molecule has 0 aliphatic carbocycles. The van der Waals surface area contributed by atoms with Crippen LogP contribution in [0.5, 0.6) is 0 Å². The molecule has 0 aromatic rings. The van der Waals surface area contributed by atoms with Crippen molar-refractivity contribution < 1.29 is 14.3 Å². The van der Waals surface area contributed by atoms with Crippen molar-refractivity contribution in [2.24, 2.45) is 0 Å². The lowest BCUT2D eigenvalue weighted by atomic mass is 10.5. The molecule has 0 N–H and O–H groups in total. The van der Waals surface area contributed by atoms with Crippen molar-refractivity contribution in [2.75, 3.05) is 19.4 Å². The van der Waals surface area contributed by atoms with Gasteiger partial charge in [0.05, 0.1) is 24.0 Å². The van der Waals surface area contributed by atoms with E-state index in [0.29, 0.717) is 5.03 Å². The van der Waals surface area contributed by atoms with Gasteiger partial charge in [-0.1, -0.05) is 11.8 Å². The number of nitrogens with zero attached hydrogens (tertiary/aromatic N) is 2. The van der Waals surface area contributed by atoms with E-state index in [9.17, 15) is 9.59 Å². The van der Waals surface area contributed by atoms with E-state index in [0.717, 1.165) is 0 Å². The number of nitriles is 1. The van der Waals surface area contributed by atoms with Crippen LogP contribution in [0.4, 0.5) is 0 Å². The zero-order valence-electron chi connectivity index (χ0n) is 7.52. The lowest BCUT2D eigenvalue weighted by molar-refractivity contribution is -0.144. The molecule has 6 heteroatoms. The molecule has 1 heterocycles. The molecule has 1 amide bonds. The minimum Gasteiger partial charge on any atom is -0.468 e. The summed E-state index contributed by atoms with van der Waals surface area (Å²) >= 11 is 1.24. The minimum atomic E-state index is -0.496. The molecule has 0 aromatic heterocycles. The Kier molecular flexibility index (Phi) is 3.54. The lowest BCUT2D eigenvalue weighted by Gasteiger charge is -2.13. The first-order valence-electron chi connectivity index (χ1n) is 3.78.